The van der Waals surface area contributed by atoms with E-state index in [2.05, 4.69) is 15.6 Å². The molecule has 2 aromatic heterocycles. The molecule has 1 atom stereocenters. The van der Waals surface area contributed by atoms with Crippen LogP contribution in [0.5, 0.6) is 5.75 Å². The van der Waals surface area contributed by atoms with E-state index >= 15 is 0 Å². The van der Waals surface area contributed by atoms with Crippen molar-refractivity contribution in [3.63, 3.8) is 0 Å². The van der Waals surface area contributed by atoms with Gasteiger partial charge >= 0.3 is 0 Å². The van der Waals surface area contributed by atoms with Crippen LogP contribution in [0.3, 0.4) is 0 Å². The van der Waals surface area contributed by atoms with Crippen molar-refractivity contribution < 1.29 is 14.3 Å². The molecule has 0 bridgehead atoms. The van der Waals surface area contributed by atoms with Crippen molar-refractivity contribution >= 4 is 28.8 Å². The number of ether oxygens (including phenoxy) is 1. The second kappa shape index (κ2) is 5.38. The van der Waals surface area contributed by atoms with Crippen molar-refractivity contribution in [2.45, 2.75) is 13.0 Å². The molecule has 2 amide bonds. The molecule has 0 saturated heterocycles. The highest BCUT2D eigenvalue weighted by Crippen LogP contribution is 2.32. The molecular weight excluding hydrogens is 308 g/mol. The summed E-state index contributed by atoms with van der Waals surface area (Å²) in [4.78, 5) is 28.3. The quantitative estimate of drug-likeness (QED) is 0.758. The van der Waals surface area contributed by atoms with Gasteiger partial charge in [0.1, 0.15) is 17.1 Å². The van der Waals surface area contributed by atoms with Crippen LogP contribution in [0.25, 0.3) is 5.65 Å². The van der Waals surface area contributed by atoms with Gasteiger partial charge in [-0.05, 0) is 37.3 Å². The predicted molar refractivity (Wildman–Crippen MR) is 88.3 cm³/mol. The normalized spacial score (nSPS) is 16.2. The summed E-state index contributed by atoms with van der Waals surface area (Å²) in [5.41, 5.74) is 2.09. The molecule has 0 radical (unpaired) electrons. The number of hydrogen-bond acceptors (Lipinski definition) is 4. The first-order chi connectivity index (χ1) is 11.6. The van der Waals surface area contributed by atoms with Crippen LogP contribution >= 0.6 is 0 Å². The topological polar surface area (TPSA) is 84.7 Å². The van der Waals surface area contributed by atoms with Gasteiger partial charge in [-0.3, -0.25) is 9.59 Å². The largest absolute Gasteiger partial charge is 0.479 e. The van der Waals surface area contributed by atoms with Gasteiger partial charge in [0.25, 0.3) is 11.8 Å². The molecule has 0 saturated carbocycles. The molecule has 1 aliphatic heterocycles. The smallest absolute Gasteiger partial charge is 0.275 e. The summed E-state index contributed by atoms with van der Waals surface area (Å²) < 4.78 is 7.26. The maximum Gasteiger partial charge on any atom is 0.275 e. The van der Waals surface area contributed by atoms with Crippen molar-refractivity contribution in [3.8, 4) is 5.75 Å². The number of nitrogens with one attached hydrogen (secondary N) is 2. The van der Waals surface area contributed by atoms with Crippen molar-refractivity contribution in [1.29, 1.82) is 0 Å². The molecule has 3 heterocycles. The summed E-state index contributed by atoms with van der Waals surface area (Å²) in [6, 6.07) is 10.6. The predicted octanol–water partition coefficient (Wildman–Crippen LogP) is 2.31. The number of rotatable bonds is 2. The Labute approximate surface area is 137 Å². The molecule has 0 fully saturated rings. The van der Waals surface area contributed by atoms with Crippen molar-refractivity contribution in [1.82, 2.24) is 9.38 Å². The third-order valence-electron chi connectivity index (χ3n) is 3.76. The van der Waals surface area contributed by atoms with Crippen LogP contribution in [0.4, 0.5) is 11.4 Å². The Morgan fingerprint density at radius 3 is 3.04 bits per heavy atom. The second-order valence-corrected chi connectivity index (χ2v) is 5.51. The number of pyridine rings is 1. The molecule has 4 rings (SSSR count). The van der Waals surface area contributed by atoms with E-state index in [0.717, 1.165) is 0 Å². The van der Waals surface area contributed by atoms with Crippen molar-refractivity contribution in [3.05, 3.63) is 54.5 Å². The summed E-state index contributed by atoms with van der Waals surface area (Å²) in [6.07, 6.45) is 2.96. The molecule has 1 aliphatic rings. The Balaban J connectivity index is 1.58. The monoisotopic (exact) mass is 322 g/mol. The van der Waals surface area contributed by atoms with Gasteiger partial charge in [0, 0.05) is 18.1 Å². The number of nitrogens with zero attached hydrogens (tertiary/aromatic N) is 2. The molecule has 24 heavy (non-hydrogen) atoms. The van der Waals surface area contributed by atoms with Crippen LogP contribution < -0.4 is 15.4 Å². The first kappa shape index (κ1) is 14.3. The maximum atomic E-state index is 12.4. The molecule has 0 spiro atoms. The van der Waals surface area contributed by atoms with Crippen LogP contribution in [-0.4, -0.2) is 27.3 Å². The molecule has 7 heteroatoms. The zero-order chi connectivity index (χ0) is 16.7. The molecule has 2 N–H and O–H groups in total. The van der Waals surface area contributed by atoms with Crippen molar-refractivity contribution in [2.24, 2.45) is 0 Å². The lowest BCUT2D eigenvalue weighted by Crippen LogP contribution is -2.34. The highest BCUT2D eigenvalue weighted by molar-refractivity contribution is 6.04. The molecule has 1 aromatic carbocycles. The number of carbonyl (C=O) groups is 2. The second-order valence-electron chi connectivity index (χ2n) is 5.51. The van der Waals surface area contributed by atoms with Gasteiger partial charge in [-0.25, -0.2) is 4.98 Å². The summed E-state index contributed by atoms with van der Waals surface area (Å²) in [6.45, 7) is 1.68. The van der Waals surface area contributed by atoms with Crippen LogP contribution in [-0.2, 0) is 4.79 Å². The van der Waals surface area contributed by atoms with E-state index in [4.69, 9.17) is 4.74 Å². The lowest BCUT2D eigenvalue weighted by Gasteiger charge is -2.23. The van der Waals surface area contributed by atoms with E-state index in [1.165, 1.54) is 0 Å². The number of anilines is 2. The van der Waals surface area contributed by atoms with Gasteiger partial charge in [0.15, 0.2) is 6.10 Å². The Kier molecular flexibility index (Phi) is 3.19. The number of fused-ring (bicyclic) bond motifs is 2. The van der Waals surface area contributed by atoms with Gasteiger partial charge in [0.05, 0.1) is 5.69 Å². The Morgan fingerprint density at radius 1 is 1.33 bits per heavy atom. The van der Waals surface area contributed by atoms with Gasteiger partial charge < -0.3 is 19.8 Å². The Hall–Kier alpha value is -3.35. The standard InChI is InChI=1S/C17H14N4O3/c1-10-16(22)20-12-8-11(5-6-14(12)24-10)18-17(23)13-9-21-7-3-2-4-15(21)19-13/h2-10H,1H3,(H,18,23)(H,20,22)/t10-/m0/s1. The number of amides is 2. The zero-order valence-electron chi connectivity index (χ0n) is 12.8. The summed E-state index contributed by atoms with van der Waals surface area (Å²) in [5, 5.41) is 5.52. The lowest BCUT2D eigenvalue weighted by atomic mass is 10.2. The highest BCUT2D eigenvalue weighted by Gasteiger charge is 2.23. The van der Waals surface area contributed by atoms with Gasteiger partial charge in [-0.1, -0.05) is 6.07 Å². The van der Waals surface area contributed by atoms with E-state index in [1.807, 2.05) is 24.4 Å². The van der Waals surface area contributed by atoms with E-state index in [9.17, 15) is 9.59 Å². The van der Waals surface area contributed by atoms with E-state index in [0.29, 0.717) is 28.5 Å². The maximum absolute atomic E-state index is 12.4. The van der Waals surface area contributed by atoms with Crippen LogP contribution in [0.2, 0.25) is 0 Å². The van der Waals surface area contributed by atoms with Gasteiger partial charge in [-0.15, -0.1) is 0 Å². The summed E-state index contributed by atoms with van der Waals surface area (Å²) >= 11 is 0. The van der Waals surface area contributed by atoms with Crippen LogP contribution in [0, 0.1) is 0 Å². The van der Waals surface area contributed by atoms with E-state index in [1.54, 1.807) is 35.7 Å². The van der Waals surface area contributed by atoms with Gasteiger partial charge in [-0.2, -0.15) is 0 Å². The minimum Gasteiger partial charge on any atom is -0.479 e. The number of carbonyl (C=O) groups excluding carboxylic acids is 2. The fourth-order valence-electron chi connectivity index (χ4n) is 2.53. The highest BCUT2D eigenvalue weighted by atomic mass is 16.5. The number of benzene rings is 1. The van der Waals surface area contributed by atoms with Crippen LogP contribution in [0.1, 0.15) is 17.4 Å². The fraction of sp³-hybridized carbons (Fsp3) is 0.118. The van der Waals surface area contributed by atoms with Gasteiger partial charge in [0.2, 0.25) is 0 Å². The van der Waals surface area contributed by atoms with Crippen molar-refractivity contribution in [2.75, 3.05) is 10.6 Å². The molecule has 3 aromatic rings. The molecule has 120 valence electrons. The SMILES string of the molecule is C[C@@H]1Oc2ccc(NC(=O)c3cn4ccccc4n3)cc2NC1=O. The Bertz CT molecular complexity index is 930. The number of hydrogen-bond donors (Lipinski definition) is 2. The average Bonchev–Trinajstić information content (AvgIpc) is 3.00. The number of aromatic nitrogens is 2. The summed E-state index contributed by atoms with van der Waals surface area (Å²) in [5.74, 6) is 0.0363. The lowest BCUT2D eigenvalue weighted by molar-refractivity contribution is -0.122. The minimum absolute atomic E-state index is 0.216. The third-order valence-corrected chi connectivity index (χ3v) is 3.76. The first-order valence-electron chi connectivity index (χ1n) is 7.47. The third kappa shape index (κ3) is 2.45. The molecule has 0 unspecified atom stereocenters. The number of imidazole rings is 1. The fourth-order valence-corrected chi connectivity index (χ4v) is 2.53. The van der Waals surface area contributed by atoms with E-state index < -0.39 is 6.10 Å². The molecule has 7 nitrogen and oxygen atoms in total. The molecular formula is C17H14N4O3. The molecule has 0 aliphatic carbocycles. The first-order valence-corrected chi connectivity index (χ1v) is 7.47. The van der Waals surface area contributed by atoms with E-state index in [-0.39, 0.29) is 11.8 Å². The zero-order valence-corrected chi connectivity index (χ0v) is 12.8. The Morgan fingerprint density at radius 2 is 2.21 bits per heavy atom. The average molecular weight is 322 g/mol. The van der Waals surface area contributed by atoms with Crippen LogP contribution in [0.15, 0.2) is 48.8 Å². The summed E-state index contributed by atoms with van der Waals surface area (Å²) in [7, 11) is 0. The minimum atomic E-state index is -0.532.